The van der Waals surface area contributed by atoms with Gasteiger partial charge in [-0.3, -0.25) is 9.36 Å². The van der Waals surface area contributed by atoms with Gasteiger partial charge >= 0.3 is 0 Å². The fraction of sp³-hybridized carbons (Fsp3) is 0.333. The van der Waals surface area contributed by atoms with Gasteiger partial charge in [0, 0.05) is 30.0 Å². The quantitative estimate of drug-likeness (QED) is 0.439. The summed E-state index contributed by atoms with van der Waals surface area (Å²) in [6, 6.07) is 10.6. The summed E-state index contributed by atoms with van der Waals surface area (Å²) in [4.78, 5) is 14.9. The van der Waals surface area contributed by atoms with Crippen LogP contribution in [0.3, 0.4) is 0 Å². The standard InChI is InChI=1S/C21H24ClN3O/c1-2-16-7-9-18(10-8-16)25-14-20(22)19-12-17(13-24-21(19)25)6-4-3-5-11-23-15-26/h7-10,12-15H,2-6,11H2,1H3,(H,23,26). The largest absolute Gasteiger partial charge is 0.359 e. The Balaban J connectivity index is 1.74. The van der Waals surface area contributed by atoms with Crippen molar-refractivity contribution >= 4 is 29.0 Å². The molecule has 1 amide bonds. The zero-order valence-corrected chi connectivity index (χ0v) is 15.8. The zero-order valence-electron chi connectivity index (χ0n) is 15.0. The lowest BCUT2D eigenvalue weighted by atomic mass is 10.1. The van der Waals surface area contributed by atoms with Crippen LogP contribution in [-0.2, 0) is 17.6 Å². The second-order valence-electron chi connectivity index (χ2n) is 6.46. The number of hydrogen-bond acceptors (Lipinski definition) is 2. The van der Waals surface area contributed by atoms with Crippen LogP contribution in [0, 0.1) is 0 Å². The van der Waals surface area contributed by atoms with Crippen LogP contribution in [0.1, 0.15) is 37.3 Å². The molecule has 0 radical (unpaired) electrons. The van der Waals surface area contributed by atoms with Crippen LogP contribution in [-0.4, -0.2) is 22.5 Å². The maximum absolute atomic E-state index is 10.2. The first-order valence-corrected chi connectivity index (χ1v) is 9.52. The van der Waals surface area contributed by atoms with Crippen molar-refractivity contribution in [3.8, 4) is 5.69 Å². The number of rotatable bonds is 9. The maximum Gasteiger partial charge on any atom is 0.207 e. The molecule has 0 saturated heterocycles. The van der Waals surface area contributed by atoms with Crippen LogP contribution < -0.4 is 5.32 Å². The third-order valence-corrected chi connectivity index (χ3v) is 4.95. The molecule has 2 aromatic heterocycles. The molecule has 5 heteroatoms. The number of hydrogen-bond donors (Lipinski definition) is 1. The molecule has 0 unspecified atom stereocenters. The summed E-state index contributed by atoms with van der Waals surface area (Å²) in [5, 5.41) is 4.41. The lowest BCUT2D eigenvalue weighted by Gasteiger charge is -2.07. The van der Waals surface area contributed by atoms with Gasteiger partial charge in [-0.1, -0.05) is 37.1 Å². The Morgan fingerprint density at radius 2 is 1.96 bits per heavy atom. The van der Waals surface area contributed by atoms with Crippen molar-refractivity contribution in [1.82, 2.24) is 14.9 Å². The highest BCUT2D eigenvalue weighted by Gasteiger charge is 2.10. The molecule has 0 aliphatic carbocycles. The lowest BCUT2D eigenvalue weighted by Crippen LogP contribution is -2.11. The molecule has 1 N–H and O–H groups in total. The van der Waals surface area contributed by atoms with E-state index in [0.29, 0.717) is 0 Å². The number of nitrogens with zero attached hydrogens (tertiary/aromatic N) is 2. The molecular formula is C21H24ClN3O. The molecule has 0 atom stereocenters. The Morgan fingerprint density at radius 1 is 1.15 bits per heavy atom. The summed E-state index contributed by atoms with van der Waals surface area (Å²) >= 11 is 6.47. The van der Waals surface area contributed by atoms with Gasteiger partial charge in [0.15, 0.2) is 0 Å². The number of aryl methyl sites for hydroxylation is 2. The SMILES string of the molecule is CCc1ccc(-n2cc(Cl)c3cc(CCCCCNC=O)cnc32)cc1. The molecular weight excluding hydrogens is 346 g/mol. The predicted molar refractivity (Wildman–Crippen MR) is 107 cm³/mol. The van der Waals surface area contributed by atoms with Crippen molar-refractivity contribution in [1.29, 1.82) is 0 Å². The molecule has 1 aromatic carbocycles. The Kier molecular flexibility index (Phi) is 6.29. The number of halogens is 1. The monoisotopic (exact) mass is 369 g/mol. The van der Waals surface area contributed by atoms with Gasteiger partial charge in [-0.25, -0.2) is 4.98 Å². The van der Waals surface area contributed by atoms with Crippen LogP contribution >= 0.6 is 11.6 Å². The van der Waals surface area contributed by atoms with Gasteiger partial charge in [0.05, 0.1) is 5.02 Å². The molecule has 0 bridgehead atoms. The topological polar surface area (TPSA) is 46.9 Å². The second kappa shape index (κ2) is 8.86. The Bertz CT molecular complexity index is 871. The van der Waals surface area contributed by atoms with Crippen molar-refractivity contribution in [2.75, 3.05) is 6.54 Å². The average molecular weight is 370 g/mol. The Labute approximate surface area is 159 Å². The zero-order chi connectivity index (χ0) is 18.4. The number of carbonyl (C=O) groups is 1. The lowest BCUT2D eigenvalue weighted by molar-refractivity contribution is -0.109. The van der Waals surface area contributed by atoms with Gasteiger partial charge in [-0.15, -0.1) is 0 Å². The first-order chi connectivity index (χ1) is 12.7. The van der Waals surface area contributed by atoms with E-state index in [1.54, 1.807) is 0 Å². The van der Waals surface area contributed by atoms with E-state index in [0.717, 1.165) is 66.8 Å². The fourth-order valence-electron chi connectivity index (χ4n) is 3.13. The summed E-state index contributed by atoms with van der Waals surface area (Å²) in [5.41, 5.74) is 4.47. The number of fused-ring (bicyclic) bond motifs is 1. The summed E-state index contributed by atoms with van der Waals surface area (Å²) < 4.78 is 2.05. The number of nitrogens with one attached hydrogen (secondary N) is 1. The van der Waals surface area contributed by atoms with Crippen molar-refractivity contribution in [2.24, 2.45) is 0 Å². The van der Waals surface area contributed by atoms with E-state index in [2.05, 4.69) is 47.6 Å². The van der Waals surface area contributed by atoms with E-state index in [-0.39, 0.29) is 0 Å². The minimum absolute atomic E-state index is 0.726. The Morgan fingerprint density at radius 3 is 2.69 bits per heavy atom. The van der Waals surface area contributed by atoms with E-state index < -0.39 is 0 Å². The highest BCUT2D eigenvalue weighted by molar-refractivity contribution is 6.35. The smallest absolute Gasteiger partial charge is 0.207 e. The highest BCUT2D eigenvalue weighted by atomic mass is 35.5. The number of amides is 1. The number of benzene rings is 1. The summed E-state index contributed by atoms with van der Waals surface area (Å²) in [7, 11) is 0. The third kappa shape index (κ3) is 4.25. The third-order valence-electron chi connectivity index (χ3n) is 4.64. The molecule has 0 aliphatic heterocycles. The van der Waals surface area contributed by atoms with Crippen LogP contribution in [0.25, 0.3) is 16.7 Å². The first kappa shape index (κ1) is 18.5. The van der Waals surface area contributed by atoms with E-state index >= 15 is 0 Å². The van der Waals surface area contributed by atoms with E-state index in [1.807, 2.05) is 17.0 Å². The van der Waals surface area contributed by atoms with Crippen LogP contribution in [0.15, 0.2) is 42.7 Å². The van der Waals surface area contributed by atoms with Crippen LogP contribution in [0.4, 0.5) is 0 Å². The molecule has 0 fully saturated rings. The predicted octanol–water partition coefficient (Wildman–Crippen LogP) is 4.70. The average Bonchev–Trinajstić information content (AvgIpc) is 3.01. The van der Waals surface area contributed by atoms with Gasteiger partial charge in [0.1, 0.15) is 5.65 Å². The molecule has 0 saturated carbocycles. The number of carbonyl (C=O) groups excluding carboxylic acids is 1. The Hall–Kier alpha value is -2.33. The van der Waals surface area contributed by atoms with E-state index in [1.165, 1.54) is 11.1 Å². The van der Waals surface area contributed by atoms with Gasteiger partial charge in [0.25, 0.3) is 0 Å². The number of pyridine rings is 1. The second-order valence-corrected chi connectivity index (χ2v) is 6.87. The molecule has 136 valence electrons. The van der Waals surface area contributed by atoms with E-state index in [9.17, 15) is 4.79 Å². The van der Waals surface area contributed by atoms with Gasteiger partial charge in [-0.2, -0.15) is 0 Å². The highest BCUT2D eigenvalue weighted by Crippen LogP contribution is 2.28. The molecule has 0 aliphatic rings. The summed E-state index contributed by atoms with van der Waals surface area (Å²) in [5.74, 6) is 0. The minimum Gasteiger partial charge on any atom is -0.359 e. The molecule has 0 spiro atoms. The molecule has 3 aromatic rings. The molecule has 3 rings (SSSR count). The summed E-state index contributed by atoms with van der Waals surface area (Å²) in [6.45, 7) is 2.89. The van der Waals surface area contributed by atoms with E-state index in [4.69, 9.17) is 11.6 Å². The van der Waals surface area contributed by atoms with Crippen LogP contribution in [0.5, 0.6) is 0 Å². The molecule has 26 heavy (non-hydrogen) atoms. The van der Waals surface area contributed by atoms with Crippen molar-refractivity contribution in [3.63, 3.8) is 0 Å². The number of unbranched alkanes of at least 4 members (excludes halogenated alkanes) is 2. The maximum atomic E-state index is 10.2. The van der Waals surface area contributed by atoms with Crippen molar-refractivity contribution in [2.45, 2.75) is 39.0 Å². The van der Waals surface area contributed by atoms with Gasteiger partial charge < -0.3 is 5.32 Å². The van der Waals surface area contributed by atoms with Crippen LogP contribution in [0.2, 0.25) is 5.02 Å². The van der Waals surface area contributed by atoms with Gasteiger partial charge in [0.2, 0.25) is 6.41 Å². The van der Waals surface area contributed by atoms with Crippen molar-refractivity contribution in [3.05, 3.63) is 58.9 Å². The normalized spacial score (nSPS) is 11.0. The summed E-state index contributed by atoms with van der Waals surface area (Å²) in [6.07, 6.45) is 9.78. The first-order valence-electron chi connectivity index (χ1n) is 9.14. The molecule has 4 nitrogen and oxygen atoms in total. The molecule has 2 heterocycles. The van der Waals surface area contributed by atoms with Gasteiger partial charge in [-0.05, 0) is 55.0 Å². The fourth-order valence-corrected chi connectivity index (χ4v) is 3.37. The van der Waals surface area contributed by atoms with Crippen molar-refractivity contribution < 1.29 is 4.79 Å². The number of aromatic nitrogens is 2. The minimum atomic E-state index is 0.726.